The fraction of sp³-hybridized carbons (Fsp3) is 0.579. The van der Waals surface area contributed by atoms with E-state index in [4.69, 9.17) is 4.74 Å². The number of halogens is 3. The molecule has 1 rings (SSSR count). The zero-order chi connectivity index (χ0) is 21.8. The first kappa shape index (κ1) is 24.6. The van der Waals surface area contributed by atoms with Crippen molar-refractivity contribution >= 4 is 31.0 Å². The molecule has 0 saturated carbocycles. The Balaban J connectivity index is 3.13. The first-order chi connectivity index (χ1) is 12.6. The van der Waals surface area contributed by atoms with Gasteiger partial charge in [0.2, 0.25) is 0 Å². The fourth-order valence-electron chi connectivity index (χ4n) is 2.19. The molecule has 0 radical (unpaired) electrons. The highest BCUT2D eigenvalue weighted by atomic mass is 32.2. The van der Waals surface area contributed by atoms with Gasteiger partial charge in [-0.3, -0.25) is 4.99 Å². The fourth-order valence-corrected chi connectivity index (χ4v) is 3.50. The van der Waals surface area contributed by atoms with E-state index in [2.05, 4.69) is 30.0 Å². The van der Waals surface area contributed by atoms with E-state index >= 15 is 0 Å². The molecule has 158 valence electrons. The summed E-state index contributed by atoms with van der Waals surface area (Å²) in [4.78, 5) is 16.3. The number of rotatable bonds is 5. The van der Waals surface area contributed by atoms with Crippen LogP contribution in [0.3, 0.4) is 0 Å². The molecule has 1 N–H and O–H groups in total. The summed E-state index contributed by atoms with van der Waals surface area (Å²) < 4.78 is 45.8. The van der Waals surface area contributed by atoms with Crippen molar-refractivity contribution in [2.75, 3.05) is 12.4 Å². The zero-order valence-corrected chi connectivity index (χ0v) is 19.3. The molecule has 0 bridgehead atoms. The lowest BCUT2D eigenvalue weighted by Gasteiger charge is -2.20. The average molecular weight is 435 g/mol. The number of amides is 1. The Morgan fingerprint density at radius 1 is 1.21 bits per heavy atom. The summed E-state index contributed by atoms with van der Waals surface area (Å²) >= 11 is 1.33. The van der Waals surface area contributed by atoms with E-state index in [0.717, 1.165) is 6.07 Å². The summed E-state index contributed by atoms with van der Waals surface area (Å²) in [5, 5.41) is 2.97. The lowest BCUT2D eigenvalue weighted by atomic mass is 10.0. The van der Waals surface area contributed by atoms with Gasteiger partial charge in [0.15, 0.2) is 0 Å². The lowest BCUT2D eigenvalue weighted by molar-refractivity contribution is -0.138. The van der Waals surface area contributed by atoms with Crippen LogP contribution in [0.5, 0.6) is 0 Å². The largest absolute Gasteiger partial charge is 0.444 e. The molecule has 1 amide bonds. The summed E-state index contributed by atoms with van der Waals surface area (Å²) in [7, 11) is -1.46. The molecule has 0 fully saturated rings. The molecule has 0 saturated heterocycles. The van der Waals surface area contributed by atoms with Crippen LogP contribution in [0.1, 0.15) is 37.5 Å². The quantitative estimate of drug-likeness (QED) is 0.366. The van der Waals surface area contributed by atoms with E-state index in [-0.39, 0.29) is 12.1 Å². The highest BCUT2D eigenvalue weighted by Gasteiger charge is 2.34. The van der Waals surface area contributed by atoms with Crippen LogP contribution in [0.15, 0.2) is 23.2 Å². The van der Waals surface area contributed by atoms with Crippen molar-refractivity contribution in [3.63, 3.8) is 0 Å². The van der Waals surface area contributed by atoms with Gasteiger partial charge in [-0.1, -0.05) is 31.8 Å². The van der Waals surface area contributed by atoms with E-state index in [1.165, 1.54) is 17.8 Å². The molecule has 0 atom stereocenters. The third kappa shape index (κ3) is 8.68. The van der Waals surface area contributed by atoms with Crippen LogP contribution in [0.2, 0.25) is 19.6 Å². The summed E-state index contributed by atoms with van der Waals surface area (Å²) in [5.41, 5.74) is -1.09. The van der Waals surface area contributed by atoms with E-state index in [9.17, 15) is 18.0 Å². The molecule has 0 aliphatic carbocycles. The third-order valence-electron chi connectivity index (χ3n) is 3.37. The smallest absolute Gasteiger partial charge is 0.416 e. The number of carbonyl (C=O) groups excluding carboxylic acids is 1. The number of benzene rings is 1. The summed E-state index contributed by atoms with van der Waals surface area (Å²) in [6.45, 7) is 11.2. The Labute approximate surface area is 170 Å². The van der Waals surface area contributed by atoms with Gasteiger partial charge >= 0.3 is 12.3 Å². The number of thioether (sulfide) groups is 1. The number of alkyl halides is 3. The highest BCUT2D eigenvalue weighted by molar-refractivity contribution is 8.13. The van der Waals surface area contributed by atoms with Crippen molar-refractivity contribution in [2.45, 2.75) is 58.7 Å². The Morgan fingerprint density at radius 2 is 1.82 bits per heavy atom. The van der Waals surface area contributed by atoms with E-state index in [1.54, 1.807) is 33.1 Å². The third-order valence-corrected chi connectivity index (χ3v) is 5.23. The minimum Gasteiger partial charge on any atom is -0.444 e. The molecular formula is C19H29F3N2O2SSi. The predicted molar refractivity (Wildman–Crippen MR) is 113 cm³/mol. The second kappa shape index (κ2) is 9.34. The predicted octanol–water partition coefficient (Wildman–Crippen LogP) is 5.72. The van der Waals surface area contributed by atoms with Crippen molar-refractivity contribution in [1.29, 1.82) is 0 Å². The molecule has 1 aromatic carbocycles. The molecule has 0 aliphatic heterocycles. The molecule has 0 aliphatic rings. The molecule has 0 heterocycles. The van der Waals surface area contributed by atoms with Crippen molar-refractivity contribution < 1.29 is 22.7 Å². The van der Waals surface area contributed by atoms with Crippen molar-refractivity contribution in [3.8, 4) is 0 Å². The molecule has 0 aromatic heterocycles. The molecule has 28 heavy (non-hydrogen) atoms. The van der Waals surface area contributed by atoms with Gasteiger partial charge in [0, 0.05) is 18.3 Å². The normalized spacial score (nSPS) is 13.4. The topological polar surface area (TPSA) is 50.7 Å². The van der Waals surface area contributed by atoms with Crippen LogP contribution in [0, 0.1) is 0 Å². The SMILES string of the molecule is CSC(=NC[Si](C)(C)C)c1ccc(CNC(=O)OC(C)(C)C)c(C(F)(F)F)c1. The number of hydrogen-bond donors (Lipinski definition) is 1. The van der Waals surface area contributed by atoms with Crippen LogP contribution in [0.25, 0.3) is 0 Å². The van der Waals surface area contributed by atoms with Gasteiger partial charge in [0.1, 0.15) is 5.60 Å². The van der Waals surface area contributed by atoms with Crippen LogP contribution in [0.4, 0.5) is 18.0 Å². The summed E-state index contributed by atoms with van der Waals surface area (Å²) in [5.74, 6) is 0. The molecule has 4 nitrogen and oxygen atoms in total. The van der Waals surface area contributed by atoms with Crippen LogP contribution in [-0.4, -0.2) is 37.2 Å². The first-order valence-electron chi connectivity index (χ1n) is 8.88. The zero-order valence-electron chi connectivity index (χ0n) is 17.5. The van der Waals surface area contributed by atoms with Gasteiger partial charge in [-0.2, -0.15) is 13.2 Å². The van der Waals surface area contributed by atoms with Crippen molar-refractivity contribution in [2.24, 2.45) is 4.99 Å². The summed E-state index contributed by atoms with van der Waals surface area (Å²) in [6, 6.07) is 4.10. The average Bonchev–Trinajstić information content (AvgIpc) is 2.50. The molecular weight excluding hydrogens is 405 g/mol. The minimum absolute atomic E-state index is 0.0206. The van der Waals surface area contributed by atoms with Crippen molar-refractivity contribution in [3.05, 3.63) is 34.9 Å². The number of alkyl carbamates (subject to hydrolysis) is 1. The minimum atomic E-state index is -4.54. The van der Waals surface area contributed by atoms with Gasteiger partial charge < -0.3 is 10.1 Å². The molecule has 0 unspecified atom stereocenters. The number of aliphatic imine (C=N–C) groups is 1. The summed E-state index contributed by atoms with van der Waals surface area (Å²) in [6.07, 6.45) is -2.85. The number of carbonyl (C=O) groups is 1. The maximum atomic E-state index is 13.6. The van der Waals surface area contributed by atoms with Gasteiger partial charge in [0.05, 0.1) is 18.7 Å². The van der Waals surface area contributed by atoms with E-state index < -0.39 is 31.5 Å². The first-order valence-corrected chi connectivity index (χ1v) is 13.8. The van der Waals surface area contributed by atoms with Gasteiger partial charge in [-0.25, -0.2) is 4.79 Å². The van der Waals surface area contributed by atoms with Gasteiger partial charge in [-0.15, -0.1) is 11.8 Å². The number of nitrogens with one attached hydrogen (secondary N) is 1. The van der Waals surface area contributed by atoms with Crippen LogP contribution < -0.4 is 5.32 Å². The lowest BCUT2D eigenvalue weighted by Crippen LogP contribution is -2.32. The van der Waals surface area contributed by atoms with Crippen molar-refractivity contribution in [1.82, 2.24) is 5.32 Å². The van der Waals surface area contributed by atoms with Gasteiger partial charge in [-0.05, 0) is 38.7 Å². The van der Waals surface area contributed by atoms with Gasteiger partial charge in [0.25, 0.3) is 0 Å². The Morgan fingerprint density at radius 3 is 2.29 bits per heavy atom. The number of hydrogen-bond acceptors (Lipinski definition) is 4. The monoisotopic (exact) mass is 434 g/mol. The maximum Gasteiger partial charge on any atom is 0.416 e. The highest BCUT2D eigenvalue weighted by Crippen LogP contribution is 2.33. The maximum absolute atomic E-state index is 13.6. The number of nitrogens with zero attached hydrogens (tertiary/aromatic N) is 1. The second-order valence-corrected chi connectivity index (χ2v) is 14.8. The second-order valence-electron chi connectivity index (χ2n) is 8.61. The van der Waals surface area contributed by atoms with E-state index in [1.807, 2.05) is 0 Å². The van der Waals surface area contributed by atoms with Crippen LogP contribution in [-0.2, 0) is 17.5 Å². The number of ether oxygens (including phenoxy) is 1. The Kier molecular flexibility index (Phi) is 8.19. The Hall–Kier alpha value is -1.48. The molecule has 9 heteroatoms. The standard InChI is InChI=1S/C19H29F3N2O2SSi/c1-18(2,3)26-17(25)23-11-14-9-8-13(10-15(14)19(20,21)22)16(27-4)24-12-28(5,6)7/h8-10H,11-12H2,1-7H3,(H,23,25). The van der Waals surface area contributed by atoms with E-state index in [0.29, 0.717) is 16.8 Å². The van der Waals surface area contributed by atoms with Crippen LogP contribution >= 0.6 is 11.8 Å². The molecule has 0 spiro atoms. The molecule has 1 aromatic rings. The Bertz CT molecular complexity index is 723.